The molecule has 1 amide bonds. The Hall–Kier alpha value is -2.15. The molecule has 1 aromatic carbocycles. The molecule has 3 rings (SSSR count). The van der Waals surface area contributed by atoms with Gasteiger partial charge in [-0.1, -0.05) is 30.0 Å². The number of hydrogen-bond acceptors (Lipinski definition) is 5. The first-order valence-electron chi connectivity index (χ1n) is 5.72. The van der Waals surface area contributed by atoms with Gasteiger partial charge in [-0.2, -0.15) is 15.2 Å². The smallest absolute Gasteiger partial charge is 0.266 e. The largest absolute Gasteiger partial charge is 0.271 e. The zero-order valence-corrected chi connectivity index (χ0v) is 11.0. The van der Waals surface area contributed by atoms with Gasteiger partial charge >= 0.3 is 0 Å². The van der Waals surface area contributed by atoms with Gasteiger partial charge in [0.1, 0.15) is 11.6 Å². The summed E-state index contributed by atoms with van der Waals surface area (Å²) in [5, 5.41) is 12.5. The number of nitrogens with one attached hydrogen (secondary N) is 1. The van der Waals surface area contributed by atoms with Crippen LogP contribution in [0.3, 0.4) is 0 Å². The van der Waals surface area contributed by atoms with Crippen molar-refractivity contribution < 1.29 is 4.79 Å². The Morgan fingerprint density at radius 1 is 1.32 bits per heavy atom. The van der Waals surface area contributed by atoms with Crippen LogP contribution >= 0.6 is 11.8 Å². The number of anilines is 1. The molecule has 0 unspecified atom stereocenters. The number of para-hydroxylation sites is 1. The number of hydrazone groups is 1. The molecule has 19 heavy (non-hydrogen) atoms. The lowest BCUT2D eigenvalue weighted by Crippen LogP contribution is -2.29. The van der Waals surface area contributed by atoms with Crippen LogP contribution in [0.25, 0.3) is 0 Å². The Labute approximate surface area is 113 Å². The SMILES string of the molecule is CC1=NN(c2ccccc2)C(=O)[C@@H]1Sc1ncn[nH]1. The number of rotatable bonds is 3. The first kappa shape index (κ1) is 11.9. The number of hydrogen-bond donors (Lipinski definition) is 1. The first-order chi connectivity index (χ1) is 9.25. The molecule has 7 heteroatoms. The van der Waals surface area contributed by atoms with Gasteiger partial charge in [0.25, 0.3) is 5.91 Å². The molecule has 2 aromatic rings. The van der Waals surface area contributed by atoms with Crippen LogP contribution in [0.1, 0.15) is 6.92 Å². The quantitative estimate of drug-likeness (QED) is 0.923. The Morgan fingerprint density at radius 3 is 2.79 bits per heavy atom. The Morgan fingerprint density at radius 2 is 2.11 bits per heavy atom. The maximum Gasteiger partial charge on any atom is 0.266 e. The van der Waals surface area contributed by atoms with Crippen LogP contribution in [-0.4, -0.2) is 32.1 Å². The van der Waals surface area contributed by atoms with Crippen molar-refractivity contribution in [2.75, 3.05) is 5.01 Å². The molecule has 0 spiro atoms. The number of carbonyl (C=O) groups excluding carboxylic acids is 1. The summed E-state index contributed by atoms with van der Waals surface area (Å²) in [4.78, 5) is 16.4. The number of thioether (sulfide) groups is 1. The lowest BCUT2D eigenvalue weighted by Gasteiger charge is -2.13. The highest BCUT2D eigenvalue weighted by Gasteiger charge is 2.35. The van der Waals surface area contributed by atoms with E-state index in [0.717, 1.165) is 11.4 Å². The normalized spacial score (nSPS) is 18.8. The number of benzene rings is 1. The maximum atomic E-state index is 12.4. The van der Waals surface area contributed by atoms with E-state index in [1.165, 1.54) is 23.1 Å². The fourth-order valence-electron chi connectivity index (χ4n) is 1.80. The molecule has 1 aliphatic heterocycles. The second-order valence-corrected chi connectivity index (χ2v) is 5.11. The monoisotopic (exact) mass is 273 g/mol. The van der Waals surface area contributed by atoms with E-state index < -0.39 is 0 Å². The third kappa shape index (κ3) is 2.24. The van der Waals surface area contributed by atoms with Crippen molar-refractivity contribution in [2.45, 2.75) is 17.3 Å². The number of nitrogens with zero attached hydrogens (tertiary/aromatic N) is 4. The molecular formula is C12H11N5OS. The summed E-state index contributed by atoms with van der Waals surface area (Å²) in [5.41, 5.74) is 1.53. The average molecular weight is 273 g/mol. The molecule has 0 bridgehead atoms. The standard InChI is InChI=1S/C12H11N5OS/c1-8-10(19-12-13-7-14-15-12)11(18)17(16-8)9-5-3-2-4-6-9/h2-7,10H,1H3,(H,13,14,15)/t10-/m1/s1. The molecule has 96 valence electrons. The summed E-state index contributed by atoms with van der Waals surface area (Å²) in [6, 6.07) is 9.38. The molecule has 0 aliphatic carbocycles. The van der Waals surface area contributed by atoms with Crippen molar-refractivity contribution in [3.63, 3.8) is 0 Å². The van der Waals surface area contributed by atoms with Crippen LogP contribution < -0.4 is 5.01 Å². The Balaban J connectivity index is 1.83. The summed E-state index contributed by atoms with van der Waals surface area (Å²) < 4.78 is 0. The third-order valence-electron chi connectivity index (χ3n) is 2.69. The average Bonchev–Trinajstić information content (AvgIpc) is 3.03. The van der Waals surface area contributed by atoms with E-state index in [0.29, 0.717) is 5.16 Å². The van der Waals surface area contributed by atoms with Crippen LogP contribution in [0, 0.1) is 0 Å². The lowest BCUT2D eigenvalue weighted by atomic mass is 10.3. The number of amides is 1. The molecule has 0 saturated carbocycles. The minimum atomic E-state index is -0.354. The fraction of sp³-hybridized carbons (Fsp3) is 0.167. The highest BCUT2D eigenvalue weighted by molar-refractivity contribution is 8.01. The van der Waals surface area contributed by atoms with Crippen LogP contribution in [0.4, 0.5) is 5.69 Å². The maximum absolute atomic E-state index is 12.4. The van der Waals surface area contributed by atoms with Gasteiger partial charge in [0.15, 0.2) is 5.16 Å². The van der Waals surface area contributed by atoms with Crippen molar-refractivity contribution in [3.8, 4) is 0 Å². The molecule has 0 fully saturated rings. The number of carbonyl (C=O) groups is 1. The van der Waals surface area contributed by atoms with Crippen LogP contribution in [0.15, 0.2) is 46.9 Å². The highest BCUT2D eigenvalue weighted by Crippen LogP contribution is 2.29. The minimum absolute atomic E-state index is 0.0647. The predicted octanol–water partition coefficient (Wildman–Crippen LogP) is 1.69. The molecule has 1 aromatic heterocycles. The fourth-order valence-corrected chi connectivity index (χ4v) is 2.66. The molecule has 1 aliphatic rings. The number of aromatic nitrogens is 3. The van der Waals surface area contributed by atoms with Gasteiger partial charge < -0.3 is 0 Å². The van der Waals surface area contributed by atoms with Gasteiger partial charge in [0, 0.05) is 0 Å². The molecular weight excluding hydrogens is 262 g/mol. The van der Waals surface area contributed by atoms with E-state index >= 15 is 0 Å². The summed E-state index contributed by atoms with van der Waals surface area (Å²) in [6.45, 7) is 1.84. The van der Waals surface area contributed by atoms with E-state index in [9.17, 15) is 4.79 Å². The van der Waals surface area contributed by atoms with Crippen molar-refractivity contribution in [1.82, 2.24) is 15.2 Å². The second-order valence-electron chi connectivity index (χ2n) is 4.02. The van der Waals surface area contributed by atoms with Crippen LogP contribution in [0.2, 0.25) is 0 Å². The predicted molar refractivity (Wildman–Crippen MR) is 73.1 cm³/mol. The molecule has 1 N–H and O–H groups in total. The molecule has 2 heterocycles. The zero-order chi connectivity index (χ0) is 13.2. The van der Waals surface area contributed by atoms with Gasteiger partial charge in [-0.3, -0.25) is 9.89 Å². The van der Waals surface area contributed by atoms with Gasteiger partial charge in [-0.15, -0.1) is 0 Å². The van der Waals surface area contributed by atoms with Crippen LogP contribution in [-0.2, 0) is 4.79 Å². The van der Waals surface area contributed by atoms with Gasteiger partial charge in [0.2, 0.25) is 0 Å². The van der Waals surface area contributed by atoms with E-state index in [1.54, 1.807) is 0 Å². The Bertz CT molecular complexity index is 610. The molecule has 0 saturated heterocycles. The van der Waals surface area contributed by atoms with Crippen molar-refractivity contribution in [3.05, 3.63) is 36.7 Å². The summed E-state index contributed by atoms with van der Waals surface area (Å²) in [5.74, 6) is -0.0647. The van der Waals surface area contributed by atoms with E-state index in [2.05, 4.69) is 20.3 Å². The summed E-state index contributed by atoms with van der Waals surface area (Å²) >= 11 is 1.32. The van der Waals surface area contributed by atoms with E-state index in [1.807, 2.05) is 37.3 Å². The number of aromatic amines is 1. The zero-order valence-electron chi connectivity index (χ0n) is 10.1. The van der Waals surface area contributed by atoms with Crippen LogP contribution in [0.5, 0.6) is 0 Å². The number of H-pyrrole nitrogens is 1. The van der Waals surface area contributed by atoms with Crippen molar-refractivity contribution in [2.24, 2.45) is 5.10 Å². The second kappa shape index (κ2) is 4.85. The van der Waals surface area contributed by atoms with Gasteiger partial charge in [-0.05, 0) is 19.1 Å². The third-order valence-corrected chi connectivity index (χ3v) is 3.89. The van der Waals surface area contributed by atoms with E-state index in [4.69, 9.17) is 0 Å². The molecule has 6 nitrogen and oxygen atoms in total. The summed E-state index contributed by atoms with van der Waals surface area (Å²) in [7, 11) is 0. The first-order valence-corrected chi connectivity index (χ1v) is 6.60. The minimum Gasteiger partial charge on any atom is -0.271 e. The molecule has 0 radical (unpaired) electrons. The highest BCUT2D eigenvalue weighted by atomic mass is 32.2. The Kier molecular flexibility index (Phi) is 3.04. The topological polar surface area (TPSA) is 74.2 Å². The summed E-state index contributed by atoms with van der Waals surface area (Å²) in [6.07, 6.45) is 1.42. The van der Waals surface area contributed by atoms with Gasteiger partial charge in [-0.25, -0.2) is 4.98 Å². The van der Waals surface area contributed by atoms with Crippen molar-refractivity contribution in [1.29, 1.82) is 0 Å². The van der Waals surface area contributed by atoms with Gasteiger partial charge in [0.05, 0.1) is 11.4 Å². The van der Waals surface area contributed by atoms with E-state index in [-0.39, 0.29) is 11.2 Å². The lowest BCUT2D eigenvalue weighted by molar-refractivity contribution is -0.116. The van der Waals surface area contributed by atoms with Crippen molar-refractivity contribution >= 4 is 29.1 Å². The molecule has 1 atom stereocenters.